The lowest BCUT2D eigenvalue weighted by Gasteiger charge is -2.13. The summed E-state index contributed by atoms with van der Waals surface area (Å²) in [5.74, 6) is -0.537. The minimum absolute atomic E-state index is 0.0461. The van der Waals surface area contributed by atoms with Crippen molar-refractivity contribution in [3.05, 3.63) is 17.9 Å². The van der Waals surface area contributed by atoms with Gasteiger partial charge < -0.3 is 20.5 Å². The highest BCUT2D eigenvalue weighted by molar-refractivity contribution is 5.68. The molecule has 0 aliphatic rings. The molecule has 1 rings (SSSR count). The van der Waals surface area contributed by atoms with Gasteiger partial charge in [0.1, 0.15) is 6.61 Å². The molecule has 0 bridgehead atoms. The van der Waals surface area contributed by atoms with E-state index in [1.807, 2.05) is 6.92 Å². The minimum atomic E-state index is -4.35. The van der Waals surface area contributed by atoms with Crippen LogP contribution in [0.2, 0.25) is 0 Å². The molecule has 0 amide bonds. The van der Waals surface area contributed by atoms with Crippen LogP contribution in [0.5, 0.6) is 5.75 Å². The number of nitrogens with two attached hydrogens (primary N) is 1. The van der Waals surface area contributed by atoms with E-state index in [1.165, 1.54) is 6.07 Å². The highest BCUT2D eigenvalue weighted by Gasteiger charge is 2.27. The van der Waals surface area contributed by atoms with E-state index in [-0.39, 0.29) is 24.6 Å². The zero-order valence-electron chi connectivity index (χ0n) is 11.6. The first kappa shape index (κ1) is 17.4. The molecular weight excluding hydrogens is 292 g/mol. The van der Waals surface area contributed by atoms with Crippen molar-refractivity contribution in [2.75, 3.05) is 37.4 Å². The SMILES string of the molecule is CCCOc1cc(NCCOCC(F)(F)F)c(N)cc1F. The van der Waals surface area contributed by atoms with Gasteiger partial charge in [-0.05, 0) is 6.42 Å². The molecule has 0 aromatic heterocycles. The number of halogens is 4. The van der Waals surface area contributed by atoms with E-state index in [2.05, 4.69) is 10.1 Å². The van der Waals surface area contributed by atoms with E-state index in [0.717, 1.165) is 12.5 Å². The van der Waals surface area contributed by atoms with E-state index in [0.29, 0.717) is 12.3 Å². The van der Waals surface area contributed by atoms with E-state index in [4.69, 9.17) is 10.5 Å². The maximum absolute atomic E-state index is 13.5. The molecule has 1 aromatic carbocycles. The number of hydrogen-bond acceptors (Lipinski definition) is 4. The Balaban J connectivity index is 2.50. The predicted molar refractivity (Wildman–Crippen MR) is 72.0 cm³/mol. The summed E-state index contributed by atoms with van der Waals surface area (Å²) in [6.07, 6.45) is -3.63. The van der Waals surface area contributed by atoms with Gasteiger partial charge in [-0.2, -0.15) is 13.2 Å². The number of alkyl halides is 3. The number of benzene rings is 1. The lowest BCUT2D eigenvalue weighted by Crippen LogP contribution is -2.20. The second-order valence-electron chi connectivity index (χ2n) is 4.31. The molecule has 0 saturated heterocycles. The van der Waals surface area contributed by atoms with E-state index in [9.17, 15) is 17.6 Å². The number of hydrogen-bond donors (Lipinski definition) is 2. The van der Waals surface area contributed by atoms with Crippen LogP contribution in [0.15, 0.2) is 12.1 Å². The van der Waals surface area contributed by atoms with Gasteiger partial charge in [0.15, 0.2) is 11.6 Å². The van der Waals surface area contributed by atoms with Crippen LogP contribution in [0.1, 0.15) is 13.3 Å². The molecule has 21 heavy (non-hydrogen) atoms. The van der Waals surface area contributed by atoms with Crippen molar-refractivity contribution in [3.63, 3.8) is 0 Å². The Bertz CT molecular complexity index is 453. The Labute approximate surface area is 120 Å². The fourth-order valence-corrected chi connectivity index (χ4v) is 1.49. The van der Waals surface area contributed by atoms with Gasteiger partial charge in [-0.1, -0.05) is 6.92 Å². The molecule has 0 unspecified atom stereocenters. The van der Waals surface area contributed by atoms with Gasteiger partial charge in [-0.25, -0.2) is 4.39 Å². The summed E-state index contributed by atoms with van der Waals surface area (Å²) >= 11 is 0. The van der Waals surface area contributed by atoms with Crippen molar-refractivity contribution in [1.29, 1.82) is 0 Å². The molecule has 0 spiro atoms. The standard InChI is InChI=1S/C13H18F4N2O2/c1-2-4-21-12-7-11(10(18)6-9(12)14)19-3-5-20-8-13(15,16)17/h6-7,19H,2-5,8,18H2,1H3. The molecule has 3 N–H and O–H groups in total. The minimum Gasteiger partial charge on any atom is -0.490 e. The smallest absolute Gasteiger partial charge is 0.411 e. The maximum atomic E-state index is 13.5. The Morgan fingerprint density at radius 2 is 1.95 bits per heavy atom. The van der Waals surface area contributed by atoms with Crippen LogP contribution in [0.25, 0.3) is 0 Å². The average molecular weight is 310 g/mol. The van der Waals surface area contributed by atoms with Gasteiger partial charge in [0.25, 0.3) is 0 Å². The summed E-state index contributed by atoms with van der Waals surface area (Å²) < 4.78 is 58.8. The Hall–Kier alpha value is -1.70. The van der Waals surface area contributed by atoms with Crippen LogP contribution < -0.4 is 15.8 Å². The quantitative estimate of drug-likeness (QED) is 0.440. The third kappa shape index (κ3) is 6.52. The zero-order chi connectivity index (χ0) is 15.9. The summed E-state index contributed by atoms with van der Waals surface area (Å²) in [7, 11) is 0. The Morgan fingerprint density at radius 3 is 2.57 bits per heavy atom. The van der Waals surface area contributed by atoms with Gasteiger partial charge in [0, 0.05) is 18.7 Å². The molecule has 4 nitrogen and oxygen atoms in total. The molecule has 0 heterocycles. The van der Waals surface area contributed by atoms with Crippen molar-refractivity contribution >= 4 is 11.4 Å². The van der Waals surface area contributed by atoms with Crippen molar-refractivity contribution in [1.82, 2.24) is 0 Å². The molecule has 0 aliphatic heterocycles. The summed E-state index contributed by atoms with van der Waals surface area (Å²) in [6, 6.07) is 2.48. The normalized spacial score (nSPS) is 11.5. The van der Waals surface area contributed by atoms with E-state index >= 15 is 0 Å². The van der Waals surface area contributed by atoms with Gasteiger partial charge in [0.05, 0.1) is 24.6 Å². The largest absolute Gasteiger partial charge is 0.490 e. The van der Waals surface area contributed by atoms with Gasteiger partial charge in [-0.3, -0.25) is 0 Å². The molecule has 0 atom stereocenters. The Kier molecular flexibility index (Phi) is 6.54. The lowest BCUT2D eigenvalue weighted by atomic mass is 10.2. The number of rotatable bonds is 8. The molecule has 120 valence electrons. The fraction of sp³-hybridized carbons (Fsp3) is 0.538. The molecule has 1 aromatic rings. The van der Waals surface area contributed by atoms with E-state index in [1.54, 1.807) is 0 Å². The number of anilines is 2. The molecule has 0 radical (unpaired) electrons. The van der Waals surface area contributed by atoms with Crippen LogP contribution in [0.3, 0.4) is 0 Å². The molecule has 0 aliphatic carbocycles. The summed E-state index contributed by atoms with van der Waals surface area (Å²) in [5.41, 5.74) is 6.16. The van der Waals surface area contributed by atoms with Gasteiger partial charge >= 0.3 is 6.18 Å². The number of nitrogens with one attached hydrogen (secondary N) is 1. The topological polar surface area (TPSA) is 56.5 Å². The molecule has 8 heteroatoms. The fourth-order valence-electron chi connectivity index (χ4n) is 1.49. The zero-order valence-corrected chi connectivity index (χ0v) is 11.6. The first-order chi connectivity index (χ1) is 9.83. The maximum Gasteiger partial charge on any atom is 0.411 e. The van der Waals surface area contributed by atoms with Crippen molar-refractivity contribution in [3.8, 4) is 5.75 Å². The van der Waals surface area contributed by atoms with E-state index < -0.39 is 18.6 Å². The summed E-state index contributed by atoms with van der Waals surface area (Å²) in [4.78, 5) is 0. The summed E-state index contributed by atoms with van der Waals surface area (Å²) in [5, 5.41) is 2.78. The predicted octanol–water partition coefficient (Wildman–Crippen LogP) is 3.19. The first-order valence-electron chi connectivity index (χ1n) is 6.43. The van der Waals surface area contributed by atoms with Gasteiger partial charge in [0.2, 0.25) is 0 Å². The second-order valence-corrected chi connectivity index (χ2v) is 4.31. The van der Waals surface area contributed by atoms with Crippen molar-refractivity contribution in [2.24, 2.45) is 0 Å². The molecule has 0 fully saturated rings. The van der Waals surface area contributed by atoms with Crippen molar-refractivity contribution in [2.45, 2.75) is 19.5 Å². The third-order valence-electron chi connectivity index (χ3n) is 2.39. The highest BCUT2D eigenvalue weighted by Crippen LogP contribution is 2.28. The number of ether oxygens (including phenoxy) is 2. The highest BCUT2D eigenvalue weighted by atomic mass is 19.4. The summed E-state index contributed by atoms with van der Waals surface area (Å²) in [6.45, 7) is 0.889. The van der Waals surface area contributed by atoms with Crippen LogP contribution >= 0.6 is 0 Å². The molecule has 0 saturated carbocycles. The first-order valence-corrected chi connectivity index (χ1v) is 6.43. The monoisotopic (exact) mass is 310 g/mol. The van der Waals surface area contributed by atoms with Crippen LogP contribution in [-0.4, -0.2) is 32.5 Å². The average Bonchev–Trinajstić information content (AvgIpc) is 2.38. The van der Waals surface area contributed by atoms with Crippen LogP contribution in [0.4, 0.5) is 28.9 Å². The third-order valence-corrected chi connectivity index (χ3v) is 2.39. The van der Waals surface area contributed by atoms with Gasteiger partial charge in [-0.15, -0.1) is 0 Å². The van der Waals surface area contributed by atoms with Crippen molar-refractivity contribution < 1.29 is 27.0 Å². The molecular formula is C13H18F4N2O2. The second kappa shape index (κ2) is 7.92. The van der Waals surface area contributed by atoms with Crippen LogP contribution in [-0.2, 0) is 4.74 Å². The number of nitrogen functional groups attached to an aromatic ring is 1. The van der Waals surface area contributed by atoms with Crippen LogP contribution in [0, 0.1) is 5.82 Å². The lowest BCUT2D eigenvalue weighted by molar-refractivity contribution is -0.172. The Morgan fingerprint density at radius 1 is 1.24 bits per heavy atom.